The SMILES string of the molecule is CC1CO1.COC1CCCCC1OC1CCCCC1C.[CH2-]C(C)O.[Y]. The summed E-state index contributed by atoms with van der Waals surface area (Å²) in [5.74, 6) is 0.744. The molecule has 0 aromatic carbocycles. The van der Waals surface area contributed by atoms with Crippen molar-refractivity contribution in [1.82, 2.24) is 0 Å². The molecule has 3 fully saturated rings. The number of methoxy groups -OCH3 is 1. The molecular formula is C20H39O4Y-. The quantitative estimate of drug-likeness (QED) is 0.538. The summed E-state index contributed by atoms with van der Waals surface area (Å²) in [4.78, 5) is 0. The Kier molecular flexibility index (Phi) is 15.5. The van der Waals surface area contributed by atoms with E-state index in [0.717, 1.165) is 12.5 Å². The number of epoxide rings is 1. The average molecular weight is 432 g/mol. The molecule has 1 heterocycles. The Labute approximate surface area is 180 Å². The van der Waals surface area contributed by atoms with Crippen molar-refractivity contribution >= 4 is 0 Å². The molecule has 0 amide bonds. The van der Waals surface area contributed by atoms with Crippen LogP contribution in [0, 0.1) is 12.8 Å². The third kappa shape index (κ3) is 12.9. The van der Waals surface area contributed by atoms with Gasteiger partial charge in [-0.1, -0.05) is 45.6 Å². The molecule has 0 aromatic heterocycles. The zero-order valence-corrected chi connectivity index (χ0v) is 19.6. The predicted molar refractivity (Wildman–Crippen MR) is 98.0 cm³/mol. The van der Waals surface area contributed by atoms with Gasteiger partial charge in [-0.15, -0.1) is 0 Å². The molecule has 6 unspecified atom stereocenters. The van der Waals surface area contributed by atoms with Crippen LogP contribution in [0.25, 0.3) is 0 Å². The first kappa shape index (κ1) is 25.9. The van der Waals surface area contributed by atoms with Crippen LogP contribution in [0.4, 0.5) is 0 Å². The van der Waals surface area contributed by atoms with Gasteiger partial charge in [-0.2, -0.15) is 0 Å². The third-order valence-electron chi connectivity index (χ3n) is 4.83. The summed E-state index contributed by atoms with van der Waals surface area (Å²) in [5, 5.41) is 7.94. The predicted octanol–water partition coefficient (Wildman–Crippen LogP) is 4.14. The van der Waals surface area contributed by atoms with Crippen LogP contribution in [0.3, 0.4) is 0 Å². The zero-order chi connectivity index (χ0) is 17.9. The van der Waals surface area contributed by atoms with E-state index in [-0.39, 0.29) is 32.7 Å². The Bertz CT molecular complexity index is 307. The molecule has 3 rings (SSSR count). The van der Waals surface area contributed by atoms with Crippen LogP contribution in [0.5, 0.6) is 0 Å². The van der Waals surface area contributed by atoms with Gasteiger partial charge in [0.1, 0.15) is 0 Å². The first-order valence-electron chi connectivity index (χ1n) is 9.75. The minimum Gasteiger partial charge on any atom is -0.426 e. The minimum atomic E-state index is -0.417. The number of aliphatic hydroxyl groups is 1. The van der Waals surface area contributed by atoms with Crippen molar-refractivity contribution in [3.05, 3.63) is 6.92 Å². The van der Waals surface area contributed by atoms with E-state index in [1.807, 2.05) is 7.11 Å². The number of hydrogen-bond acceptors (Lipinski definition) is 4. The van der Waals surface area contributed by atoms with Crippen LogP contribution in [-0.2, 0) is 46.9 Å². The summed E-state index contributed by atoms with van der Waals surface area (Å²) in [6.45, 7) is 10.2. The zero-order valence-electron chi connectivity index (χ0n) is 16.8. The van der Waals surface area contributed by atoms with Crippen molar-refractivity contribution < 1.29 is 52.0 Å². The molecule has 1 saturated heterocycles. The van der Waals surface area contributed by atoms with E-state index < -0.39 is 6.10 Å². The summed E-state index contributed by atoms with van der Waals surface area (Å²) in [7, 11) is 1.83. The van der Waals surface area contributed by atoms with Gasteiger partial charge in [0.2, 0.25) is 0 Å². The van der Waals surface area contributed by atoms with Crippen LogP contribution in [0.1, 0.15) is 72.1 Å². The van der Waals surface area contributed by atoms with Crippen molar-refractivity contribution in [1.29, 1.82) is 0 Å². The van der Waals surface area contributed by atoms with E-state index >= 15 is 0 Å². The van der Waals surface area contributed by atoms with Crippen molar-refractivity contribution in [3.8, 4) is 0 Å². The first-order valence-corrected chi connectivity index (χ1v) is 9.75. The molecule has 1 radical (unpaired) electrons. The molecule has 2 aliphatic carbocycles. The largest absolute Gasteiger partial charge is 0.426 e. The fourth-order valence-corrected chi connectivity index (χ4v) is 3.29. The van der Waals surface area contributed by atoms with Crippen LogP contribution in [0.15, 0.2) is 0 Å². The van der Waals surface area contributed by atoms with E-state index in [4.69, 9.17) is 19.3 Å². The van der Waals surface area contributed by atoms with Crippen LogP contribution in [-0.4, -0.2) is 49.3 Å². The van der Waals surface area contributed by atoms with E-state index in [9.17, 15) is 0 Å². The molecule has 1 aliphatic heterocycles. The Morgan fingerprint density at radius 1 is 0.960 bits per heavy atom. The Hall–Kier alpha value is 0.944. The number of ether oxygens (including phenoxy) is 3. The fourth-order valence-electron chi connectivity index (χ4n) is 3.29. The summed E-state index contributed by atoms with van der Waals surface area (Å²) in [6.07, 6.45) is 11.7. The normalized spacial score (nSPS) is 35.0. The summed E-state index contributed by atoms with van der Waals surface area (Å²) in [5.41, 5.74) is 0. The van der Waals surface area contributed by atoms with Crippen molar-refractivity contribution in [2.45, 2.75) is 103 Å². The Morgan fingerprint density at radius 2 is 1.36 bits per heavy atom. The Morgan fingerprint density at radius 3 is 1.76 bits per heavy atom. The van der Waals surface area contributed by atoms with Gasteiger partial charge in [0, 0.05) is 39.8 Å². The molecule has 2 saturated carbocycles. The summed E-state index contributed by atoms with van der Waals surface area (Å²) in [6, 6.07) is 0. The second-order valence-corrected chi connectivity index (χ2v) is 7.53. The molecule has 6 atom stereocenters. The molecule has 4 nitrogen and oxygen atoms in total. The Balaban J connectivity index is 0.000000533. The molecule has 5 heteroatoms. The molecule has 0 spiro atoms. The van der Waals surface area contributed by atoms with Gasteiger partial charge < -0.3 is 26.2 Å². The van der Waals surface area contributed by atoms with Gasteiger partial charge in [-0.05, 0) is 38.5 Å². The standard InChI is InChI=1S/C14H26O2.C3H6O.C3H7O.Y/c1-11-7-3-4-8-12(11)16-14-10-6-5-9-13(14)15-2;1-3-2-4-3;1-3(2)4;/h11-14H,3-10H2,1-2H3;3H,2H2,1H3;3-4H,1H2,2H3;/q;;-1;. The van der Waals surface area contributed by atoms with E-state index in [2.05, 4.69) is 20.8 Å². The van der Waals surface area contributed by atoms with Gasteiger partial charge in [-0.3, -0.25) is 0 Å². The van der Waals surface area contributed by atoms with Gasteiger partial charge in [-0.25, -0.2) is 0 Å². The third-order valence-corrected chi connectivity index (χ3v) is 4.83. The molecule has 0 bridgehead atoms. The van der Waals surface area contributed by atoms with Crippen molar-refractivity contribution in [2.24, 2.45) is 5.92 Å². The van der Waals surface area contributed by atoms with Gasteiger partial charge in [0.15, 0.2) is 0 Å². The number of rotatable bonds is 3. The minimum absolute atomic E-state index is 0. The van der Waals surface area contributed by atoms with Crippen LogP contribution >= 0.6 is 0 Å². The first-order chi connectivity index (χ1) is 11.4. The molecule has 3 aliphatic rings. The smallest absolute Gasteiger partial charge is 0.0840 e. The van der Waals surface area contributed by atoms with E-state index in [1.165, 1.54) is 51.4 Å². The second kappa shape index (κ2) is 14.9. The molecule has 25 heavy (non-hydrogen) atoms. The van der Waals surface area contributed by atoms with E-state index in [1.54, 1.807) is 6.92 Å². The van der Waals surface area contributed by atoms with Crippen molar-refractivity contribution in [2.75, 3.05) is 13.7 Å². The van der Waals surface area contributed by atoms with Gasteiger partial charge in [0.25, 0.3) is 0 Å². The average Bonchev–Trinajstić information content (AvgIpc) is 3.32. The summed E-state index contributed by atoms with van der Waals surface area (Å²) < 4.78 is 16.6. The molecular weight excluding hydrogens is 393 g/mol. The maximum atomic E-state index is 7.94. The molecule has 1 N–H and O–H groups in total. The molecule has 147 valence electrons. The monoisotopic (exact) mass is 432 g/mol. The topological polar surface area (TPSA) is 51.2 Å². The van der Waals surface area contributed by atoms with Crippen molar-refractivity contribution in [3.63, 3.8) is 0 Å². The van der Waals surface area contributed by atoms with Gasteiger partial charge >= 0.3 is 0 Å². The number of hydrogen-bond donors (Lipinski definition) is 1. The van der Waals surface area contributed by atoms with Gasteiger partial charge in [0.05, 0.1) is 31.0 Å². The number of aliphatic hydroxyl groups excluding tert-OH is 1. The van der Waals surface area contributed by atoms with Crippen LogP contribution < -0.4 is 0 Å². The fraction of sp³-hybridized carbons (Fsp3) is 0.950. The molecule has 0 aromatic rings. The van der Waals surface area contributed by atoms with E-state index in [0.29, 0.717) is 24.4 Å². The second-order valence-electron chi connectivity index (χ2n) is 7.53. The maximum absolute atomic E-state index is 7.94. The summed E-state index contributed by atoms with van der Waals surface area (Å²) >= 11 is 0. The maximum Gasteiger partial charge on any atom is 0.0840 e. The van der Waals surface area contributed by atoms with Crippen LogP contribution in [0.2, 0.25) is 0 Å².